The first-order valence-electron chi connectivity index (χ1n) is 7.93. The molecule has 0 saturated carbocycles. The monoisotopic (exact) mass is 351 g/mol. The van der Waals surface area contributed by atoms with E-state index in [1.165, 1.54) is 11.9 Å². The highest BCUT2D eigenvalue weighted by molar-refractivity contribution is 5.85. The first-order valence-corrected chi connectivity index (χ1v) is 7.93. The van der Waals surface area contributed by atoms with E-state index in [4.69, 9.17) is 4.74 Å². The Kier molecular flexibility index (Phi) is 5.33. The van der Waals surface area contributed by atoms with Gasteiger partial charge in [-0.2, -0.15) is 4.80 Å². The van der Waals surface area contributed by atoms with Crippen molar-refractivity contribution in [2.75, 3.05) is 7.11 Å². The van der Waals surface area contributed by atoms with Crippen LogP contribution in [0.5, 0.6) is 0 Å². The highest BCUT2D eigenvalue weighted by Crippen LogP contribution is 2.14. The van der Waals surface area contributed by atoms with E-state index in [1.807, 2.05) is 36.4 Å². The van der Waals surface area contributed by atoms with E-state index in [1.54, 1.807) is 24.3 Å². The minimum Gasteiger partial charge on any atom is -0.467 e. The number of nitrogens with zero attached hydrogens (tertiary/aromatic N) is 4. The molecule has 0 aliphatic heterocycles. The molecule has 8 nitrogen and oxygen atoms in total. The number of amides is 1. The number of methoxy groups -OCH3 is 1. The van der Waals surface area contributed by atoms with Crippen LogP contribution in [-0.4, -0.2) is 39.2 Å². The minimum atomic E-state index is -0.897. The number of hydrogen-bond donors (Lipinski definition) is 1. The molecule has 1 unspecified atom stereocenters. The lowest BCUT2D eigenvalue weighted by molar-refractivity contribution is -0.145. The summed E-state index contributed by atoms with van der Waals surface area (Å²) in [5.41, 5.74) is 1.43. The molecule has 26 heavy (non-hydrogen) atoms. The third-order valence-corrected chi connectivity index (χ3v) is 3.64. The number of esters is 1. The highest BCUT2D eigenvalue weighted by atomic mass is 16.5. The van der Waals surface area contributed by atoms with Crippen molar-refractivity contribution in [3.05, 3.63) is 66.2 Å². The summed E-state index contributed by atoms with van der Waals surface area (Å²) < 4.78 is 4.78. The van der Waals surface area contributed by atoms with Crippen LogP contribution in [0.3, 0.4) is 0 Å². The van der Waals surface area contributed by atoms with E-state index >= 15 is 0 Å². The Morgan fingerprint density at radius 2 is 1.73 bits per heavy atom. The van der Waals surface area contributed by atoms with Gasteiger partial charge in [-0.15, -0.1) is 10.2 Å². The Bertz CT molecular complexity index is 880. The number of ether oxygens (including phenoxy) is 1. The zero-order valence-corrected chi connectivity index (χ0v) is 14.1. The van der Waals surface area contributed by atoms with Gasteiger partial charge in [-0.25, -0.2) is 4.79 Å². The standard InChI is InChI=1S/C18H17N5O3/c1-26-18(25)16(13-8-4-2-5-9-13)19-15(24)12-23-21-17(20-22-23)14-10-6-3-7-11-14/h2-11,16H,12H2,1H3,(H,19,24). The highest BCUT2D eigenvalue weighted by Gasteiger charge is 2.23. The summed E-state index contributed by atoms with van der Waals surface area (Å²) in [7, 11) is 1.27. The fourth-order valence-electron chi connectivity index (χ4n) is 2.39. The normalized spacial score (nSPS) is 11.6. The maximum Gasteiger partial charge on any atom is 0.333 e. The Balaban J connectivity index is 1.69. The van der Waals surface area contributed by atoms with Crippen LogP contribution < -0.4 is 5.32 Å². The van der Waals surface area contributed by atoms with E-state index < -0.39 is 17.9 Å². The van der Waals surface area contributed by atoms with Gasteiger partial charge < -0.3 is 10.1 Å². The van der Waals surface area contributed by atoms with Gasteiger partial charge in [-0.05, 0) is 10.8 Å². The lowest BCUT2D eigenvalue weighted by atomic mass is 10.1. The average molecular weight is 351 g/mol. The number of nitrogens with one attached hydrogen (secondary N) is 1. The summed E-state index contributed by atoms with van der Waals surface area (Å²) in [5.74, 6) is -0.562. The number of rotatable bonds is 6. The lowest BCUT2D eigenvalue weighted by Crippen LogP contribution is -2.36. The van der Waals surface area contributed by atoms with Gasteiger partial charge in [0, 0.05) is 5.56 Å². The lowest BCUT2D eigenvalue weighted by Gasteiger charge is -2.16. The molecule has 1 N–H and O–H groups in total. The fourth-order valence-corrected chi connectivity index (χ4v) is 2.39. The van der Waals surface area contributed by atoms with Crippen molar-refractivity contribution >= 4 is 11.9 Å². The molecule has 0 bridgehead atoms. The molecule has 1 heterocycles. The summed E-state index contributed by atoms with van der Waals surface area (Å²) in [6.07, 6.45) is 0. The van der Waals surface area contributed by atoms with Gasteiger partial charge in [0.1, 0.15) is 6.54 Å². The molecule has 0 spiro atoms. The molecule has 132 valence electrons. The maximum absolute atomic E-state index is 12.3. The van der Waals surface area contributed by atoms with Crippen molar-refractivity contribution < 1.29 is 14.3 Å². The Morgan fingerprint density at radius 3 is 2.38 bits per heavy atom. The summed E-state index contributed by atoms with van der Waals surface area (Å²) in [6.45, 7) is -0.167. The molecular formula is C18H17N5O3. The van der Waals surface area contributed by atoms with Crippen LogP contribution in [0.4, 0.5) is 0 Å². The first-order chi connectivity index (χ1) is 12.7. The molecule has 0 saturated heterocycles. The van der Waals surface area contributed by atoms with Gasteiger partial charge in [0.05, 0.1) is 7.11 Å². The Morgan fingerprint density at radius 1 is 1.08 bits per heavy atom. The van der Waals surface area contributed by atoms with Gasteiger partial charge in [0.15, 0.2) is 6.04 Å². The number of aromatic nitrogens is 4. The predicted molar refractivity (Wildman–Crippen MR) is 92.6 cm³/mol. The van der Waals surface area contributed by atoms with Crippen molar-refractivity contribution in [3.8, 4) is 11.4 Å². The molecule has 0 fully saturated rings. The van der Waals surface area contributed by atoms with E-state index in [0.29, 0.717) is 11.4 Å². The maximum atomic E-state index is 12.3. The molecular weight excluding hydrogens is 334 g/mol. The number of tetrazole rings is 1. The second-order valence-corrected chi connectivity index (χ2v) is 5.44. The summed E-state index contributed by atoms with van der Waals surface area (Å²) in [4.78, 5) is 25.5. The third-order valence-electron chi connectivity index (χ3n) is 3.64. The topological polar surface area (TPSA) is 99.0 Å². The SMILES string of the molecule is COC(=O)C(NC(=O)Cn1nnc(-c2ccccc2)n1)c1ccccc1. The van der Waals surface area contributed by atoms with Gasteiger partial charge in [0.25, 0.3) is 0 Å². The molecule has 2 aromatic carbocycles. The van der Waals surface area contributed by atoms with Crippen molar-refractivity contribution in [2.45, 2.75) is 12.6 Å². The Hall–Kier alpha value is -3.55. The van der Waals surface area contributed by atoms with Crippen LogP contribution in [0.15, 0.2) is 60.7 Å². The van der Waals surface area contributed by atoms with Crippen molar-refractivity contribution in [2.24, 2.45) is 0 Å². The van der Waals surface area contributed by atoms with Crippen molar-refractivity contribution in [3.63, 3.8) is 0 Å². The minimum absolute atomic E-state index is 0.167. The predicted octanol–water partition coefficient (Wildman–Crippen LogP) is 1.37. The van der Waals surface area contributed by atoms with Gasteiger partial charge >= 0.3 is 5.97 Å². The van der Waals surface area contributed by atoms with Crippen LogP contribution in [0.1, 0.15) is 11.6 Å². The molecule has 0 aliphatic rings. The quantitative estimate of drug-likeness (QED) is 0.674. The number of benzene rings is 2. The number of hydrogen-bond acceptors (Lipinski definition) is 6. The summed E-state index contributed by atoms with van der Waals surface area (Å²) in [6, 6.07) is 17.3. The van der Waals surface area contributed by atoms with Gasteiger partial charge in [0.2, 0.25) is 11.7 Å². The second kappa shape index (κ2) is 8.02. The first kappa shape index (κ1) is 17.3. The summed E-state index contributed by atoms with van der Waals surface area (Å²) in [5, 5.41) is 14.6. The second-order valence-electron chi connectivity index (χ2n) is 5.44. The largest absolute Gasteiger partial charge is 0.467 e. The van der Waals surface area contributed by atoms with Gasteiger partial charge in [-0.1, -0.05) is 60.7 Å². The van der Waals surface area contributed by atoms with Crippen LogP contribution in [0.25, 0.3) is 11.4 Å². The smallest absolute Gasteiger partial charge is 0.333 e. The number of carbonyl (C=O) groups is 2. The van der Waals surface area contributed by atoms with E-state index in [-0.39, 0.29) is 6.54 Å². The zero-order valence-electron chi connectivity index (χ0n) is 14.1. The molecule has 3 aromatic rings. The average Bonchev–Trinajstić information content (AvgIpc) is 3.15. The zero-order chi connectivity index (χ0) is 18.4. The molecule has 0 aliphatic carbocycles. The van der Waals surface area contributed by atoms with E-state index in [2.05, 4.69) is 20.7 Å². The number of carbonyl (C=O) groups excluding carboxylic acids is 2. The summed E-state index contributed by atoms with van der Waals surface area (Å²) >= 11 is 0. The van der Waals surface area contributed by atoms with E-state index in [0.717, 1.165) is 5.56 Å². The van der Waals surface area contributed by atoms with Crippen molar-refractivity contribution in [1.29, 1.82) is 0 Å². The molecule has 1 aromatic heterocycles. The van der Waals surface area contributed by atoms with Crippen molar-refractivity contribution in [1.82, 2.24) is 25.5 Å². The van der Waals surface area contributed by atoms with E-state index in [9.17, 15) is 9.59 Å². The molecule has 3 rings (SSSR count). The molecule has 1 atom stereocenters. The fraction of sp³-hybridized carbons (Fsp3) is 0.167. The van der Waals surface area contributed by atoms with Crippen LogP contribution in [-0.2, 0) is 20.9 Å². The Labute approximate surface area is 149 Å². The molecule has 1 amide bonds. The van der Waals surface area contributed by atoms with Crippen LogP contribution >= 0.6 is 0 Å². The molecule has 0 radical (unpaired) electrons. The third kappa shape index (κ3) is 4.10. The van der Waals surface area contributed by atoms with Crippen LogP contribution in [0, 0.1) is 0 Å². The van der Waals surface area contributed by atoms with Crippen LogP contribution in [0.2, 0.25) is 0 Å². The molecule has 8 heteroatoms. The van der Waals surface area contributed by atoms with Gasteiger partial charge in [-0.3, -0.25) is 4.79 Å².